The van der Waals surface area contributed by atoms with Gasteiger partial charge in [0, 0.05) is 12.8 Å². The van der Waals surface area contributed by atoms with Gasteiger partial charge in [0.25, 0.3) is 0 Å². The van der Waals surface area contributed by atoms with Crippen LogP contribution in [0.2, 0.25) is 0 Å². The zero-order valence-corrected chi connectivity index (χ0v) is 58.3. The Morgan fingerprint density at radius 2 is 0.547 bits per heavy atom. The summed E-state index contributed by atoms with van der Waals surface area (Å²) < 4.78 is 5.51. The van der Waals surface area contributed by atoms with Crippen molar-refractivity contribution >= 4 is 11.9 Å². The Kier molecular flexibility index (Phi) is 73.9. The number of esters is 1. The summed E-state index contributed by atoms with van der Waals surface area (Å²) in [4.78, 5) is 24.6. The Labute approximate surface area is 538 Å². The predicted molar refractivity (Wildman–Crippen MR) is 379 cm³/mol. The van der Waals surface area contributed by atoms with Crippen LogP contribution >= 0.6 is 0 Å². The van der Waals surface area contributed by atoms with E-state index in [9.17, 15) is 19.8 Å². The minimum absolute atomic E-state index is 0.0153. The minimum atomic E-state index is -0.844. The molecule has 0 aliphatic heterocycles. The molecule has 6 nitrogen and oxygen atoms in total. The average Bonchev–Trinajstić information content (AvgIpc) is 3.54. The Morgan fingerprint density at radius 3 is 0.826 bits per heavy atom. The van der Waals surface area contributed by atoms with Gasteiger partial charge in [0.1, 0.15) is 0 Å². The van der Waals surface area contributed by atoms with E-state index in [4.69, 9.17) is 4.74 Å². The van der Waals surface area contributed by atoms with Gasteiger partial charge in [-0.15, -0.1) is 0 Å². The largest absolute Gasteiger partial charge is 0.466 e. The smallest absolute Gasteiger partial charge is 0.305 e. The van der Waals surface area contributed by atoms with Gasteiger partial charge in [-0.2, -0.15) is 0 Å². The van der Waals surface area contributed by atoms with Crippen molar-refractivity contribution in [3.05, 3.63) is 36.5 Å². The summed E-state index contributed by atoms with van der Waals surface area (Å²) in [6.07, 6.45) is 98.3. The lowest BCUT2D eigenvalue weighted by Gasteiger charge is -2.20. The van der Waals surface area contributed by atoms with Crippen LogP contribution in [0.5, 0.6) is 0 Å². The molecule has 0 aromatic heterocycles. The molecule has 0 radical (unpaired) electrons. The standard InChI is InChI=1S/C80H153NO5/c1-3-5-7-9-11-13-15-17-19-21-22-37-41-44-48-52-56-60-64-68-72-78(83)77(76-82)81-79(84)73-69-65-61-57-53-49-45-42-38-35-33-31-29-27-25-23-24-26-28-30-32-34-36-39-43-47-51-55-59-63-67-71-75-86-80(85)74-70-66-62-58-54-50-46-40-20-18-16-14-12-10-8-6-4-2/h18,20,26,28,68,72,77-78,82-83H,3-17,19,21-25,27,29-67,69-71,73-76H2,1-2H3,(H,81,84)/b20-18-,28-26-,72-68+. The van der Waals surface area contributed by atoms with E-state index in [2.05, 4.69) is 43.5 Å². The summed E-state index contributed by atoms with van der Waals surface area (Å²) in [5.41, 5.74) is 0. The molecule has 508 valence electrons. The summed E-state index contributed by atoms with van der Waals surface area (Å²) in [7, 11) is 0. The van der Waals surface area contributed by atoms with Crippen molar-refractivity contribution in [2.75, 3.05) is 13.2 Å². The third-order valence-corrected chi connectivity index (χ3v) is 18.4. The lowest BCUT2D eigenvalue weighted by atomic mass is 10.0. The number of nitrogens with one attached hydrogen (secondary N) is 1. The van der Waals surface area contributed by atoms with E-state index < -0.39 is 12.1 Å². The molecule has 0 fully saturated rings. The molecule has 0 aliphatic rings. The van der Waals surface area contributed by atoms with Crippen LogP contribution in [0, 0.1) is 0 Å². The molecule has 0 rings (SSSR count). The molecule has 3 N–H and O–H groups in total. The van der Waals surface area contributed by atoms with Crippen LogP contribution in [0.4, 0.5) is 0 Å². The molecule has 6 heteroatoms. The maximum atomic E-state index is 12.5. The highest BCUT2D eigenvalue weighted by molar-refractivity contribution is 5.76. The van der Waals surface area contributed by atoms with E-state index in [1.165, 1.54) is 366 Å². The molecule has 0 heterocycles. The number of rotatable bonds is 74. The molecule has 0 aromatic carbocycles. The van der Waals surface area contributed by atoms with Crippen LogP contribution in [0.15, 0.2) is 36.5 Å². The Bertz CT molecular complexity index is 1390. The second-order valence-corrected chi connectivity index (χ2v) is 27.0. The Hall–Kier alpha value is -1.92. The highest BCUT2D eigenvalue weighted by Crippen LogP contribution is 2.19. The second-order valence-electron chi connectivity index (χ2n) is 27.0. The zero-order valence-electron chi connectivity index (χ0n) is 58.3. The summed E-state index contributed by atoms with van der Waals surface area (Å²) in [5.74, 6) is -0.0459. The molecule has 0 saturated heterocycles. The fourth-order valence-corrected chi connectivity index (χ4v) is 12.4. The molecule has 0 aromatic rings. The van der Waals surface area contributed by atoms with Crippen molar-refractivity contribution in [1.82, 2.24) is 5.32 Å². The minimum Gasteiger partial charge on any atom is -0.466 e. The van der Waals surface area contributed by atoms with Crippen LogP contribution < -0.4 is 5.32 Å². The van der Waals surface area contributed by atoms with Gasteiger partial charge in [-0.25, -0.2) is 0 Å². The molecule has 86 heavy (non-hydrogen) atoms. The quantitative estimate of drug-likeness (QED) is 0.0320. The van der Waals surface area contributed by atoms with Gasteiger partial charge in [-0.1, -0.05) is 378 Å². The van der Waals surface area contributed by atoms with Crippen LogP contribution in [-0.4, -0.2) is 47.4 Å². The Balaban J connectivity index is 3.37. The number of hydrogen-bond acceptors (Lipinski definition) is 5. The van der Waals surface area contributed by atoms with Gasteiger partial charge in [-0.3, -0.25) is 9.59 Å². The van der Waals surface area contributed by atoms with Crippen molar-refractivity contribution in [3.8, 4) is 0 Å². The number of aliphatic hydroxyl groups is 2. The van der Waals surface area contributed by atoms with Crippen LogP contribution in [-0.2, 0) is 14.3 Å². The molecule has 1 amide bonds. The van der Waals surface area contributed by atoms with Gasteiger partial charge in [-0.05, 0) is 83.5 Å². The van der Waals surface area contributed by atoms with Crippen LogP contribution in [0.1, 0.15) is 438 Å². The molecular weight excluding hydrogens is 1050 g/mol. The number of aliphatic hydroxyl groups excluding tert-OH is 2. The number of hydrogen-bond donors (Lipinski definition) is 3. The molecular formula is C80H153NO5. The normalized spacial score (nSPS) is 12.7. The van der Waals surface area contributed by atoms with Crippen molar-refractivity contribution in [3.63, 3.8) is 0 Å². The second kappa shape index (κ2) is 75.5. The van der Waals surface area contributed by atoms with Gasteiger partial charge in [0.2, 0.25) is 5.91 Å². The fourth-order valence-electron chi connectivity index (χ4n) is 12.4. The van der Waals surface area contributed by atoms with E-state index in [1.807, 2.05) is 6.08 Å². The molecule has 0 saturated carbocycles. The van der Waals surface area contributed by atoms with Gasteiger partial charge < -0.3 is 20.3 Å². The lowest BCUT2D eigenvalue weighted by Crippen LogP contribution is -2.45. The first-order valence-electron chi connectivity index (χ1n) is 39.3. The molecule has 2 atom stereocenters. The highest BCUT2D eigenvalue weighted by Gasteiger charge is 2.18. The number of unbranched alkanes of at least 4 members (excludes halogenated alkanes) is 59. The van der Waals surface area contributed by atoms with Gasteiger partial charge >= 0.3 is 5.97 Å². The molecule has 0 spiro atoms. The van der Waals surface area contributed by atoms with Crippen molar-refractivity contribution in [2.45, 2.75) is 450 Å². The third-order valence-electron chi connectivity index (χ3n) is 18.4. The van der Waals surface area contributed by atoms with Gasteiger partial charge in [0.05, 0.1) is 25.4 Å². The number of ether oxygens (including phenoxy) is 1. The van der Waals surface area contributed by atoms with Crippen LogP contribution in [0.3, 0.4) is 0 Å². The topological polar surface area (TPSA) is 95.9 Å². The number of allylic oxidation sites excluding steroid dienone is 5. The van der Waals surface area contributed by atoms with Gasteiger partial charge in [0.15, 0.2) is 0 Å². The highest BCUT2D eigenvalue weighted by atomic mass is 16.5. The van der Waals surface area contributed by atoms with Crippen LogP contribution in [0.25, 0.3) is 0 Å². The van der Waals surface area contributed by atoms with E-state index in [1.54, 1.807) is 6.08 Å². The Morgan fingerprint density at radius 1 is 0.314 bits per heavy atom. The monoisotopic (exact) mass is 1210 g/mol. The summed E-state index contributed by atoms with van der Waals surface area (Å²) in [5, 5.41) is 23.3. The van der Waals surface area contributed by atoms with E-state index in [0.717, 1.165) is 44.9 Å². The zero-order chi connectivity index (χ0) is 62.0. The van der Waals surface area contributed by atoms with E-state index in [0.29, 0.717) is 19.4 Å². The number of carbonyl (C=O) groups is 2. The summed E-state index contributed by atoms with van der Waals surface area (Å²) in [6.45, 7) is 4.94. The lowest BCUT2D eigenvalue weighted by molar-refractivity contribution is -0.143. The number of amides is 1. The molecule has 0 aliphatic carbocycles. The summed E-state index contributed by atoms with van der Waals surface area (Å²) in [6, 6.07) is -0.627. The SMILES string of the molecule is CCCCCCCC/C=C\CCCCCCCCCC(=O)OCCCCCCCCCCCCCC/C=C\CCCCCCCCCCCCCCCCCCC(=O)NC(CO)C(O)/C=C/CCCCCCCCCCCCCCCCCCCC. The first-order valence-corrected chi connectivity index (χ1v) is 39.3. The molecule has 2 unspecified atom stereocenters. The van der Waals surface area contributed by atoms with E-state index in [-0.39, 0.29) is 18.5 Å². The molecule has 0 bridgehead atoms. The maximum absolute atomic E-state index is 12.5. The maximum Gasteiger partial charge on any atom is 0.305 e. The third kappa shape index (κ3) is 71.2. The first kappa shape index (κ1) is 84.1. The van der Waals surface area contributed by atoms with E-state index >= 15 is 0 Å². The number of carbonyl (C=O) groups excluding carboxylic acids is 2. The average molecular weight is 1210 g/mol. The van der Waals surface area contributed by atoms with Crippen molar-refractivity contribution < 1.29 is 24.5 Å². The van der Waals surface area contributed by atoms with Crippen molar-refractivity contribution in [2.24, 2.45) is 0 Å². The van der Waals surface area contributed by atoms with Crippen molar-refractivity contribution in [1.29, 1.82) is 0 Å². The summed E-state index contributed by atoms with van der Waals surface area (Å²) >= 11 is 0. The first-order chi connectivity index (χ1) is 42.5. The predicted octanol–water partition coefficient (Wildman–Crippen LogP) is 25.8. The fraction of sp³-hybridized carbons (Fsp3) is 0.900.